The molecule has 9 nitrogen and oxygen atoms in total. The predicted molar refractivity (Wildman–Crippen MR) is 103 cm³/mol. The van der Waals surface area contributed by atoms with E-state index in [0.29, 0.717) is 16.0 Å². The Morgan fingerprint density at radius 2 is 2.00 bits per heavy atom. The first kappa shape index (κ1) is 18.1. The summed E-state index contributed by atoms with van der Waals surface area (Å²) in [6, 6.07) is 5.45. The third kappa shape index (κ3) is 3.11. The van der Waals surface area contributed by atoms with Crippen molar-refractivity contribution in [1.82, 2.24) is 24.4 Å². The molecule has 0 saturated carbocycles. The van der Waals surface area contributed by atoms with Crippen molar-refractivity contribution < 1.29 is 19.1 Å². The van der Waals surface area contributed by atoms with Gasteiger partial charge in [0.25, 0.3) is 0 Å². The third-order valence-corrected chi connectivity index (χ3v) is 4.92. The minimum atomic E-state index is -0.684. The Kier molecular flexibility index (Phi) is 4.15. The van der Waals surface area contributed by atoms with Crippen molar-refractivity contribution in [1.29, 1.82) is 0 Å². The molecule has 0 atom stereocenters. The summed E-state index contributed by atoms with van der Waals surface area (Å²) in [5.41, 5.74) is 1.96. The lowest BCUT2D eigenvalue weighted by Gasteiger charge is -2.20. The highest BCUT2D eigenvalue weighted by atomic mass is 32.1. The molecule has 0 radical (unpaired) electrons. The first-order valence-electron chi connectivity index (χ1n) is 8.41. The van der Waals surface area contributed by atoms with Gasteiger partial charge in [-0.2, -0.15) is 0 Å². The summed E-state index contributed by atoms with van der Waals surface area (Å²) >= 11 is 1.07. The zero-order valence-electron chi connectivity index (χ0n) is 15.7. The van der Waals surface area contributed by atoms with Crippen LogP contribution < -0.4 is 0 Å². The molecule has 0 aromatic carbocycles. The molecule has 0 bridgehead atoms. The number of esters is 1. The molecule has 0 aliphatic carbocycles. The zero-order valence-corrected chi connectivity index (χ0v) is 16.5. The van der Waals surface area contributed by atoms with E-state index in [2.05, 4.69) is 15.3 Å². The van der Waals surface area contributed by atoms with Crippen molar-refractivity contribution in [2.45, 2.75) is 26.4 Å². The van der Waals surface area contributed by atoms with E-state index >= 15 is 0 Å². The monoisotopic (exact) mass is 399 g/mol. The Morgan fingerprint density at radius 3 is 2.71 bits per heavy atom. The van der Waals surface area contributed by atoms with Gasteiger partial charge in [0.05, 0.1) is 24.5 Å². The van der Waals surface area contributed by atoms with Crippen LogP contribution in [0.25, 0.3) is 27.1 Å². The number of thiazole rings is 1. The Bertz CT molecular complexity index is 1210. The molecule has 0 amide bonds. The van der Waals surface area contributed by atoms with Crippen LogP contribution in [0.2, 0.25) is 0 Å². The van der Waals surface area contributed by atoms with Gasteiger partial charge in [-0.1, -0.05) is 16.6 Å². The summed E-state index contributed by atoms with van der Waals surface area (Å²) in [7, 11) is 1.29. The highest BCUT2D eigenvalue weighted by molar-refractivity contribution is 7.20. The van der Waals surface area contributed by atoms with Gasteiger partial charge in [0.15, 0.2) is 0 Å². The average Bonchev–Trinajstić information content (AvgIpc) is 3.31. The van der Waals surface area contributed by atoms with Gasteiger partial charge in [0.2, 0.25) is 5.01 Å². The molecule has 0 aliphatic heterocycles. The Balaban J connectivity index is 1.91. The van der Waals surface area contributed by atoms with Gasteiger partial charge >= 0.3 is 12.1 Å². The number of nitrogens with zero attached hydrogens (tertiary/aromatic N) is 5. The fraction of sp³-hybridized carbons (Fsp3) is 0.278. The zero-order chi connectivity index (χ0) is 20.1. The first-order chi connectivity index (χ1) is 13.3. The van der Waals surface area contributed by atoms with Crippen molar-refractivity contribution in [3.8, 4) is 11.3 Å². The van der Waals surface area contributed by atoms with Gasteiger partial charge in [-0.25, -0.2) is 23.7 Å². The van der Waals surface area contributed by atoms with Gasteiger partial charge < -0.3 is 9.47 Å². The number of ether oxygens (including phenoxy) is 2. The van der Waals surface area contributed by atoms with E-state index in [1.165, 1.54) is 11.7 Å². The van der Waals surface area contributed by atoms with Crippen LogP contribution >= 0.6 is 11.3 Å². The van der Waals surface area contributed by atoms with Crippen LogP contribution in [0, 0.1) is 0 Å². The molecule has 0 N–H and O–H groups in total. The second-order valence-corrected chi connectivity index (χ2v) is 8.05. The molecular weight excluding hydrogens is 382 g/mol. The van der Waals surface area contributed by atoms with Crippen LogP contribution in [0.3, 0.4) is 0 Å². The highest BCUT2D eigenvalue weighted by Crippen LogP contribution is 2.33. The molecule has 10 heteroatoms. The van der Waals surface area contributed by atoms with Gasteiger partial charge in [-0.05, 0) is 39.0 Å². The van der Waals surface area contributed by atoms with Crippen LogP contribution in [-0.4, -0.2) is 49.2 Å². The highest BCUT2D eigenvalue weighted by Gasteiger charge is 2.26. The van der Waals surface area contributed by atoms with E-state index in [9.17, 15) is 9.59 Å². The number of hydrogen-bond donors (Lipinski definition) is 0. The smallest absolute Gasteiger partial charge is 0.420 e. The Morgan fingerprint density at radius 1 is 1.21 bits per heavy atom. The molecule has 4 aromatic rings. The lowest BCUT2D eigenvalue weighted by Crippen LogP contribution is -2.27. The fourth-order valence-electron chi connectivity index (χ4n) is 2.73. The number of fused-ring (bicyclic) bond motifs is 2. The van der Waals surface area contributed by atoms with Crippen LogP contribution in [0.4, 0.5) is 4.79 Å². The topological polar surface area (TPSA) is 101 Å². The normalized spacial score (nSPS) is 11.9. The van der Waals surface area contributed by atoms with Crippen molar-refractivity contribution >= 4 is 39.3 Å². The first-order valence-corrected chi connectivity index (χ1v) is 9.23. The summed E-state index contributed by atoms with van der Waals surface area (Å²) in [5.74, 6) is -0.553. The number of pyridine rings is 1. The fourth-order valence-corrected chi connectivity index (χ4v) is 3.70. The maximum Gasteiger partial charge on any atom is 0.420 e. The van der Waals surface area contributed by atoms with Crippen molar-refractivity contribution in [2.24, 2.45) is 0 Å². The SMILES string of the molecule is COC(=O)c1nc2cc(-c3ccc4cnnn4c3)n(C(=O)OC(C)(C)C)c2s1. The summed E-state index contributed by atoms with van der Waals surface area (Å²) in [4.78, 5) is 29.6. The molecule has 144 valence electrons. The van der Waals surface area contributed by atoms with Crippen molar-refractivity contribution in [2.75, 3.05) is 7.11 Å². The van der Waals surface area contributed by atoms with Crippen LogP contribution in [0.5, 0.6) is 0 Å². The minimum Gasteiger partial charge on any atom is -0.464 e. The standard InChI is InChI=1S/C18H17N5O4S/c1-18(2,3)27-17(25)23-13(10-5-6-11-8-19-21-22(11)9-10)7-12-15(23)28-14(20-12)16(24)26-4/h5-9H,1-4H3. The number of rotatable bonds is 2. The molecular formula is C18H17N5O4S. The molecule has 0 fully saturated rings. The van der Waals surface area contributed by atoms with Crippen LogP contribution in [0.1, 0.15) is 30.6 Å². The second-order valence-electron chi connectivity index (χ2n) is 7.07. The van der Waals surface area contributed by atoms with Gasteiger partial charge in [0, 0.05) is 11.8 Å². The predicted octanol–water partition coefficient (Wildman–Crippen LogP) is 3.38. The molecule has 4 heterocycles. The number of aromatic nitrogens is 5. The Labute approximate surface area is 163 Å². The molecule has 4 aromatic heterocycles. The van der Waals surface area contributed by atoms with Crippen LogP contribution in [0.15, 0.2) is 30.6 Å². The molecule has 28 heavy (non-hydrogen) atoms. The lowest BCUT2D eigenvalue weighted by atomic mass is 10.2. The quantitative estimate of drug-likeness (QED) is 0.476. The minimum absolute atomic E-state index is 0.170. The van der Waals surface area contributed by atoms with E-state index in [-0.39, 0.29) is 5.01 Å². The number of methoxy groups -OCH3 is 1. The van der Waals surface area contributed by atoms with E-state index in [4.69, 9.17) is 9.47 Å². The number of carbonyl (C=O) groups excluding carboxylic acids is 2. The summed E-state index contributed by atoms with van der Waals surface area (Å²) in [5, 5.41) is 8.03. The lowest BCUT2D eigenvalue weighted by molar-refractivity contribution is 0.0545. The van der Waals surface area contributed by atoms with Gasteiger partial charge in [-0.3, -0.25) is 0 Å². The summed E-state index contributed by atoms with van der Waals surface area (Å²) in [6.07, 6.45) is 2.85. The largest absolute Gasteiger partial charge is 0.464 e. The van der Waals surface area contributed by atoms with Gasteiger partial charge in [-0.15, -0.1) is 5.10 Å². The molecule has 0 spiro atoms. The summed E-state index contributed by atoms with van der Waals surface area (Å²) < 4.78 is 13.3. The molecule has 0 aliphatic rings. The second kappa shape index (κ2) is 6.41. The van der Waals surface area contributed by atoms with Crippen molar-refractivity contribution in [3.63, 3.8) is 0 Å². The van der Waals surface area contributed by atoms with E-state index < -0.39 is 17.7 Å². The maximum atomic E-state index is 13.0. The van der Waals surface area contributed by atoms with Crippen LogP contribution in [-0.2, 0) is 9.47 Å². The molecule has 0 saturated heterocycles. The molecule has 0 unspecified atom stereocenters. The summed E-state index contributed by atoms with van der Waals surface area (Å²) in [6.45, 7) is 5.37. The molecule has 4 rings (SSSR count). The Hall–Kier alpha value is -3.27. The van der Waals surface area contributed by atoms with E-state index in [0.717, 1.165) is 22.4 Å². The average molecular weight is 399 g/mol. The van der Waals surface area contributed by atoms with Crippen molar-refractivity contribution in [3.05, 3.63) is 35.6 Å². The van der Waals surface area contributed by atoms with E-state index in [1.54, 1.807) is 43.7 Å². The van der Waals surface area contributed by atoms with E-state index in [1.807, 2.05) is 12.1 Å². The number of carbonyl (C=O) groups is 2. The maximum absolute atomic E-state index is 13.0. The third-order valence-electron chi connectivity index (χ3n) is 3.88. The van der Waals surface area contributed by atoms with Gasteiger partial charge in [0.1, 0.15) is 15.9 Å². The number of hydrogen-bond acceptors (Lipinski definition) is 8.